The summed E-state index contributed by atoms with van der Waals surface area (Å²) in [7, 11) is 0. The van der Waals surface area contributed by atoms with E-state index in [9.17, 15) is 9.18 Å². The Labute approximate surface area is 151 Å². The van der Waals surface area contributed by atoms with Gasteiger partial charge in [0, 0.05) is 12.7 Å². The predicted molar refractivity (Wildman–Crippen MR) is 97.6 cm³/mol. The molecule has 1 aliphatic heterocycles. The molecule has 0 unspecified atom stereocenters. The lowest BCUT2D eigenvalue weighted by atomic mass is 9.94. The molecule has 2 aromatic carbocycles. The van der Waals surface area contributed by atoms with Gasteiger partial charge in [-0.1, -0.05) is 30.3 Å². The molecule has 1 saturated heterocycles. The van der Waals surface area contributed by atoms with E-state index in [2.05, 4.69) is 5.10 Å². The fourth-order valence-corrected chi connectivity index (χ4v) is 3.56. The summed E-state index contributed by atoms with van der Waals surface area (Å²) in [5.41, 5.74) is 2.32. The van der Waals surface area contributed by atoms with Crippen molar-refractivity contribution in [3.05, 3.63) is 83.9 Å². The highest BCUT2D eigenvalue weighted by Gasteiger charge is 2.29. The number of rotatable bonds is 3. The molecule has 2 heterocycles. The Morgan fingerprint density at radius 2 is 1.92 bits per heavy atom. The molecule has 4 nitrogen and oxygen atoms in total. The van der Waals surface area contributed by atoms with Crippen molar-refractivity contribution >= 4 is 5.91 Å². The van der Waals surface area contributed by atoms with E-state index in [4.69, 9.17) is 0 Å². The third-order valence-electron chi connectivity index (χ3n) is 4.85. The van der Waals surface area contributed by atoms with Crippen LogP contribution in [0, 0.1) is 5.82 Å². The fourth-order valence-electron chi connectivity index (χ4n) is 3.56. The van der Waals surface area contributed by atoms with Gasteiger partial charge in [0.15, 0.2) is 0 Å². The highest BCUT2D eigenvalue weighted by atomic mass is 19.1. The average molecular weight is 349 g/mol. The Balaban J connectivity index is 1.61. The molecule has 1 amide bonds. The molecular weight excluding hydrogens is 329 g/mol. The summed E-state index contributed by atoms with van der Waals surface area (Å²) < 4.78 is 15.4. The summed E-state index contributed by atoms with van der Waals surface area (Å²) in [5.74, 6) is -0.321. The van der Waals surface area contributed by atoms with E-state index >= 15 is 0 Å². The van der Waals surface area contributed by atoms with Crippen molar-refractivity contribution in [3.63, 3.8) is 0 Å². The van der Waals surface area contributed by atoms with E-state index < -0.39 is 0 Å². The first-order valence-electron chi connectivity index (χ1n) is 8.89. The van der Waals surface area contributed by atoms with E-state index in [1.807, 2.05) is 41.3 Å². The Kier molecular flexibility index (Phi) is 4.52. The standard InChI is InChI=1S/C21H20FN3O/c22-18-8-6-7-16(13-18)20-11-4-5-12-24(20)21(26)17-14-23-25(15-17)19-9-2-1-3-10-19/h1-3,6-10,13-15,20H,4-5,11-12H2/t20-/m1/s1. The minimum absolute atomic E-state index is 0.0545. The molecule has 0 saturated carbocycles. The maximum absolute atomic E-state index is 13.6. The first-order valence-corrected chi connectivity index (χ1v) is 8.89. The molecule has 1 fully saturated rings. The normalized spacial score (nSPS) is 17.3. The van der Waals surface area contributed by atoms with Crippen LogP contribution in [0.1, 0.15) is 41.2 Å². The summed E-state index contributed by atoms with van der Waals surface area (Å²) in [5, 5.41) is 4.32. The molecule has 26 heavy (non-hydrogen) atoms. The Hall–Kier alpha value is -2.95. The van der Waals surface area contributed by atoms with Gasteiger partial charge in [0.2, 0.25) is 0 Å². The van der Waals surface area contributed by atoms with E-state index in [1.165, 1.54) is 12.1 Å². The van der Waals surface area contributed by atoms with Gasteiger partial charge in [-0.05, 0) is 49.1 Å². The number of likely N-dealkylation sites (tertiary alicyclic amines) is 1. The molecule has 0 aliphatic carbocycles. The van der Waals surface area contributed by atoms with Crippen LogP contribution in [0.5, 0.6) is 0 Å². The number of nitrogens with zero attached hydrogens (tertiary/aromatic N) is 3. The number of carbonyl (C=O) groups is 1. The predicted octanol–water partition coefficient (Wildman–Crippen LogP) is 4.38. The number of amides is 1. The van der Waals surface area contributed by atoms with Crippen molar-refractivity contribution in [2.75, 3.05) is 6.54 Å². The monoisotopic (exact) mass is 349 g/mol. The Morgan fingerprint density at radius 3 is 2.73 bits per heavy atom. The zero-order valence-corrected chi connectivity index (χ0v) is 14.4. The third kappa shape index (κ3) is 3.25. The number of hydrogen-bond acceptors (Lipinski definition) is 2. The van der Waals surface area contributed by atoms with Gasteiger partial charge >= 0.3 is 0 Å². The number of piperidine rings is 1. The summed E-state index contributed by atoms with van der Waals surface area (Å²) in [6.07, 6.45) is 6.21. The van der Waals surface area contributed by atoms with Crippen molar-refractivity contribution in [2.24, 2.45) is 0 Å². The molecule has 4 rings (SSSR count). The fraction of sp³-hybridized carbons (Fsp3) is 0.238. The smallest absolute Gasteiger partial charge is 0.257 e. The first-order chi connectivity index (χ1) is 12.7. The summed E-state index contributed by atoms with van der Waals surface area (Å²) in [6.45, 7) is 0.677. The largest absolute Gasteiger partial charge is 0.332 e. The molecule has 3 aromatic rings. The molecule has 1 aliphatic rings. The number of benzene rings is 2. The van der Waals surface area contributed by atoms with Crippen LogP contribution in [-0.4, -0.2) is 27.1 Å². The van der Waals surface area contributed by atoms with Gasteiger partial charge in [-0.15, -0.1) is 0 Å². The van der Waals surface area contributed by atoms with Crippen molar-refractivity contribution in [1.29, 1.82) is 0 Å². The van der Waals surface area contributed by atoms with Crippen LogP contribution in [0.25, 0.3) is 5.69 Å². The lowest BCUT2D eigenvalue weighted by molar-refractivity contribution is 0.0611. The minimum Gasteiger partial charge on any atom is -0.332 e. The van der Waals surface area contributed by atoms with Gasteiger partial charge < -0.3 is 4.90 Å². The van der Waals surface area contributed by atoms with Crippen molar-refractivity contribution < 1.29 is 9.18 Å². The number of carbonyl (C=O) groups excluding carboxylic acids is 1. The first kappa shape index (κ1) is 16.5. The summed E-state index contributed by atoms with van der Waals surface area (Å²) in [4.78, 5) is 14.9. The van der Waals surface area contributed by atoms with Crippen LogP contribution >= 0.6 is 0 Å². The zero-order chi connectivity index (χ0) is 17.9. The van der Waals surface area contributed by atoms with Crippen LogP contribution < -0.4 is 0 Å². The highest BCUT2D eigenvalue weighted by molar-refractivity contribution is 5.94. The third-order valence-corrected chi connectivity index (χ3v) is 4.85. The van der Waals surface area contributed by atoms with Gasteiger partial charge in [-0.3, -0.25) is 4.79 Å². The van der Waals surface area contributed by atoms with E-state index in [1.54, 1.807) is 23.1 Å². The molecule has 132 valence electrons. The van der Waals surface area contributed by atoms with E-state index in [-0.39, 0.29) is 17.8 Å². The Bertz CT molecular complexity index is 906. The van der Waals surface area contributed by atoms with Gasteiger partial charge in [0.1, 0.15) is 5.82 Å². The minimum atomic E-state index is -0.266. The molecule has 0 N–H and O–H groups in total. The van der Waals surface area contributed by atoms with Crippen molar-refractivity contribution in [1.82, 2.24) is 14.7 Å². The maximum Gasteiger partial charge on any atom is 0.257 e. The maximum atomic E-state index is 13.6. The van der Waals surface area contributed by atoms with Gasteiger partial charge in [0.05, 0.1) is 23.5 Å². The summed E-state index contributed by atoms with van der Waals surface area (Å²) >= 11 is 0. The topological polar surface area (TPSA) is 38.1 Å². The van der Waals surface area contributed by atoms with Crippen LogP contribution in [0.3, 0.4) is 0 Å². The van der Waals surface area contributed by atoms with Gasteiger partial charge in [-0.2, -0.15) is 5.10 Å². The van der Waals surface area contributed by atoms with Gasteiger partial charge in [0.25, 0.3) is 5.91 Å². The lowest BCUT2D eigenvalue weighted by Crippen LogP contribution is -2.38. The second-order valence-corrected chi connectivity index (χ2v) is 6.57. The van der Waals surface area contributed by atoms with Crippen molar-refractivity contribution in [3.8, 4) is 5.69 Å². The number of aromatic nitrogens is 2. The van der Waals surface area contributed by atoms with Crippen LogP contribution in [0.2, 0.25) is 0 Å². The van der Waals surface area contributed by atoms with E-state index in [0.717, 1.165) is 30.5 Å². The van der Waals surface area contributed by atoms with Crippen LogP contribution in [-0.2, 0) is 0 Å². The number of para-hydroxylation sites is 1. The molecule has 5 heteroatoms. The van der Waals surface area contributed by atoms with Crippen molar-refractivity contribution in [2.45, 2.75) is 25.3 Å². The summed E-state index contributed by atoms with van der Waals surface area (Å²) in [6, 6.07) is 16.2. The van der Waals surface area contributed by atoms with Crippen LogP contribution in [0.15, 0.2) is 67.0 Å². The molecule has 1 aromatic heterocycles. The zero-order valence-electron chi connectivity index (χ0n) is 14.4. The number of halogens is 1. The second kappa shape index (κ2) is 7.12. The van der Waals surface area contributed by atoms with Crippen LogP contribution in [0.4, 0.5) is 4.39 Å². The van der Waals surface area contributed by atoms with E-state index in [0.29, 0.717) is 12.1 Å². The SMILES string of the molecule is O=C(c1cnn(-c2ccccc2)c1)N1CCCC[C@@H]1c1cccc(F)c1. The quantitative estimate of drug-likeness (QED) is 0.704. The Morgan fingerprint density at radius 1 is 1.08 bits per heavy atom. The lowest BCUT2D eigenvalue weighted by Gasteiger charge is -2.36. The molecule has 0 radical (unpaired) electrons. The number of hydrogen-bond donors (Lipinski definition) is 0. The average Bonchev–Trinajstić information content (AvgIpc) is 3.18. The molecular formula is C21H20FN3O. The van der Waals surface area contributed by atoms with Gasteiger partial charge in [-0.25, -0.2) is 9.07 Å². The highest BCUT2D eigenvalue weighted by Crippen LogP contribution is 2.32. The second-order valence-electron chi connectivity index (χ2n) is 6.57. The molecule has 0 spiro atoms. The molecule has 1 atom stereocenters. The molecule has 0 bridgehead atoms.